The standard InChI is InChI=1S/C17H19NO3.ClH/c1-20-16-6-4-3-5-14(16)13-9-7-12(8-10-13)11-15(18)17(19)21-2;/h3-10,15H,11,18H2,1-2H3;1H/t15-;/m0./s1. The molecule has 2 N–H and O–H groups in total. The SMILES string of the molecule is COC(=O)[C@@H](N)Cc1ccc(-c2ccccc2OC)cc1.Cl. The molecule has 118 valence electrons. The largest absolute Gasteiger partial charge is 0.496 e. The maximum atomic E-state index is 11.3. The lowest BCUT2D eigenvalue weighted by molar-refractivity contribution is -0.142. The van der Waals surface area contributed by atoms with Crippen molar-refractivity contribution in [3.05, 3.63) is 54.1 Å². The maximum absolute atomic E-state index is 11.3. The van der Waals surface area contributed by atoms with Crippen molar-refractivity contribution in [3.63, 3.8) is 0 Å². The van der Waals surface area contributed by atoms with Crippen LogP contribution in [0, 0.1) is 0 Å². The van der Waals surface area contributed by atoms with Crippen LogP contribution < -0.4 is 10.5 Å². The molecule has 5 heteroatoms. The molecule has 0 amide bonds. The van der Waals surface area contributed by atoms with Gasteiger partial charge in [0.05, 0.1) is 14.2 Å². The molecule has 0 spiro atoms. The molecule has 1 atom stereocenters. The summed E-state index contributed by atoms with van der Waals surface area (Å²) in [5.74, 6) is 0.431. The number of benzene rings is 2. The highest BCUT2D eigenvalue weighted by atomic mass is 35.5. The lowest BCUT2D eigenvalue weighted by Crippen LogP contribution is -2.33. The number of rotatable bonds is 5. The van der Waals surface area contributed by atoms with Crippen LogP contribution in [-0.4, -0.2) is 26.2 Å². The topological polar surface area (TPSA) is 61.5 Å². The number of halogens is 1. The Morgan fingerprint density at radius 3 is 2.32 bits per heavy atom. The summed E-state index contributed by atoms with van der Waals surface area (Å²) in [4.78, 5) is 11.3. The van der Waals surface area contributed by atoms with Gasteiger partial charge in [0.25, 0.3) is 0 Å². The van der Waals surface area contributed by atoms with Crippen LogP contribution in [0.25, 0.3) is 11.1 Å². The van der Waals surface area contributed by atoms with E-state index in [1.54, 1.807) is 7.11 Å². The number of hydrogen-bond donors (Lipinski definition) is 1. The quantitative estimate of drug-likeness (QED) is 0.860. The molecule has 0 fully saturated rings. The van der Waals surface area contributed by atoms with Gasteiger partial charge < -0.3 is 15.2 Å². The van der Waals surface area contributed by atoms with E-state index in [-0.39, 0.29) is 12.4 Å². The highest BCUT2D eigenvalue weighted by Gasteiger charge is 2.14. The monoisotopic (exact) mass is 321 g/mol. The lowest BCUT2D eigenvalue weighted by Gasteiger charge is -2.11. The van der Waals surface area contributed by atoms with Crippen molar-refractivity contribution in [2.24, 2.45) is 5.73 Å². The molecule has 2 rings (SSSR count). The van der Waals surface area contributed by atoms with Crippen LogP contribution in [0.2, 0.25) is 0 Å². The van der Waals surface area contributed by atoms with Crippen molar-refractivity contribution in [2.45, 2.75) is 12.5 Å². The summed E-state index contributed by atoms with van der Waals surface area (Å²) in [7, 11) is 3.00. The van der Waals surface area contributed by atoms with Gasteiger partial charge >= 0.3 is 5.97 Å². The Kier molecular flexibility index (Phi) is 6.89. The molecule has 0 unspecified atom stereocenters. The molecule has 4 nitrogen and oxygen atoms in total. The summed E-state index contributed by atoms with van der Waals surface area (Å²) in [6, 6.07) is 15.1. The summed E-state index contributed by atoms with van der Waals surface area (Å²) in [6.07, 6.45) is 0.457. The zero-order chi connectivity index (χ0) is 15.2. The van der Waals surface area contributed by atoms with Gasteiger partial charge in [-0.15, -0.1) is 12.4 Å². The normalized spacial score (nSPS) is 11.2. The van der Waals surface area contributed by atoms with Crippen molar-refractivity contribution in [3.8, 4) is 16.9 Å². The molecule has 0 aliphatic rings. The number of hydrogen-bond acceptors (Lipinski definition) is 4. The summed E-state index contributed by atoms with van der Waals surface area (Å²) < 4.78 is 9.99. The number of methoxy groups -OCH3 is 2. The molecule has 0 heterocycles. The zero-order valence-corrected chi connectivity index (χ0v) is 13.4. The lowest BCUT2D eigenvalue weighted by atomic mass is 10.0. The second kappa shape index (κ2) is 8.41. The smallest absolute Gasteiger partial charge is 0.322 e. The summed E-state index contributed by atoms with van der Waals surface area (Å²) in [5.41, 5.74) is 8.84. The van der Waals surface area contributed by atoms with Gasteiger partial charge in [0, 0.05) is 5.56 Å². The first kappa shape index (κ1) is 18.0. The minimum Gasteiger partial charge on any atom is -0.496 e. The number of ether oxygens (including phenoxy) is 2. The van der Waals surface area contributed by atoms with E-state index >= 15 is 0 Å². The van der Waals surface area contributed by atoms with Crippen LogP contribution in [0.15, 0.2) is 48.5 Å². The molecule has 0 saturated carbocycles. The number of esters is 1. The van der Waals surface area contributed by atoms with E-state index in [2.05, 4.69) is 4.74 Å². The average molecular weight is 322 g/mol. The molecule has 2 aromatic rings. The predicted molar refractivity (Wildman–Crippen MR) is 89.4 cm³/mol. The van der Waals surface area contributed by atoms with E-state index in [1.165, 1.54) is 7.11 Å². The van der Waals surface area contributed by atoms with Gasteiger partial charge in [-0.3, -0.25) is 4.79 Å². The van der Waals surface area contributed by atoms with Crippen LogP contribution in [0.4, 0.5) is 0 Å². The Balaban J connectivity index is 0.00000242. The Hall–Kier alpha value is -2.04. The van der Waals surface area contributed by atoms with E-state index in [1.807, 2.05) is 48.5 Å². The van der Waals surface area contributed by atoms with Crippen LogP contribution in [0.1, 0.15) is 5.56 Å². The second-order valence-electron chi connectivity index (χ2n) is 4.73. The molecule has 22 heavy (non-hydrogen) atoms. The summed E-state index contributed by atoms with van der Waals surface area (Å²) in [6.45, 7) is 0. The minimum atomic E-state index is -0.632. The van der Waals surface area contributed by atoms with Gasteiger partial charge in [-0.2, -0.15) is 0 Å². The fraction of sp³-hybridized carbons (Fsp3) is 0.235. The molecule has 0 saturated heterocycles. The third kappa shape index (κ3) is 4.23. The number of para-hydroxylation sites is 1. The average Bonchev–Trinajstić information content (AvgIpc) is 2.54. The number of nitrogens with two attached hydrogens (primary N) is 1. The number of carbonyl (C=O) groups is 1. The maximum Gasteiger partial charge on any atom is 0.322 e. The van der Waals surface area contributed by atoms with Crippen molar-refractivity contribution < 1.29 is 14.3 Å². The van der Waals surface area contributed by atoms with E-state index in [0.29, 0.717) is 6.42 Å². The third-order valence-corrected chi connectivity index (χ3v) is 3.33. The Bertz CT molecular complexity index is 614. The molecule has 0 bridgehead atoms. The highest BCUT2D eigenvalue weighted by Crippen LogP contribution is 2.29. The fourth-order valence-corrected chi connectivity index (χ4v) is 2.19. The van der Waals surface area contributed by atoms with Gasteiger partial charge in [0.15, 0.2) is 0 Å². The van der Waals surface area contributed by atoms with Crippen LogP contribution in [0.5, 0.6) is 5.75 Å². The van der Waals surface area contributed by atoms with Crippen LogP contribution in [-0.2, 0) is 16.0 Å². The van der Waals surface area contributed by atoms with Gasteiger partial charge in [0.2, 0.25) is 0 Å². The van der Waals surface area contributed by atoms with Gasteiger partial charge in [-0.25, -0.2) is 0 Å². The van der Waals surface area contributed by atoms with Gasteiger partial charge in [-0.1, -0.05) is 42.5 Å². The van der Waals surface area contributed by atoms with Crippen LogP contribution in [0.3, 0.4) is 0 Å². The summed E-state index contributed by atoms with van der Waals surface area (Å²) >= 11 is 0. The molecule has 0 radical (unpaired) electrons. The van der Waals surface area contributed by atoms with Crippen molar-refractivity contribution >= 4 is 18.4 Å². The Labute approximate surface area is 136 Å². The summed E-state index contributed by atoms with van der Waals surface area (Å²) in [5, 5.41) is 0. The highest BCUT2D eigenvalue weighted by molar-refractivity contribution is 5.85. The number of carbonyl (C=O) groups excluding carboxylic acids is 1. The van der Waals surface area contributed by atoms with Crippen molar-refractivity contribution in [1.29, 1.82) is 0 Å². The van der Waals surface area contributed by atoms with Crippen molar-refractivity contribution in [1.82, 2.24) is 0 Å². The predicted octanol–water partition coefficient (Wildman–Crippen LogP) is 2.83. The van der Waals surface area contributed by atoms with Crippen LogP contribution >= 0.6 is 12.4 Å². The molecule has 0 aromatic heterocycles. The van der Waals surface area contributed by atoms with Gasteiger partial charge in [0.1, 0.15) is 11.8 Å². The van der Waals surface area contributed by atoms with Crippen molar-refractivity contribution in [2.75, 3.05) is 14.2 Å². The minimum absolute atomic E-state index is 0. The molecule has 2 aromatic carbocycles. The third-order valence-electron chi connectivity index (χ3n) is 3.33. The van der Waals surface area contributed by atoms with E-state index in [4.69, 9.17) is 10.5 Å². The second-order valence-corrected chi connectivity index (χ2v) is 4.73. The fourth-order valence-electron chi connectivity index (χ4n) is 2.19. The Morgan fingerprint density at radius 2 is 1.73 bits per heavy atom. The van der Waals surface area contributed by atoms with E-state index in [0.717, 1.165) is 22.4 Å². The molecule has 0 aliphatic heterocycles. The van der Waals surface area contributed by atoms with E-state index < -0.39 is 12.0 Å². The molecular formula is C17H20ClNO3. The zero-order valence-electron chi connectivity index (χ0n) is 12.6. The van der Waals surface area contributed by atoms with E-state index in [9.17, 15) is 4.79 Å². The first-order valence-corrected chi connectivity index (χ1v) is 6.71. The molecular weight excluding hydrogens is 302 g/mol. The first-order valence-electron chi connectivity index (χ1n) is 6.71. The van der Waals surface area contributed by atoms with Gasteiger partial charge in [-0.05, 0) is 23.6 Å². The Morgan fingerprint density at radius 1 is 1.09 bits per heavy atom. The first-order chi connectivity index (χ1) is 10.2. The molecule has 0 aliphatic carbocycles.